The summed E-state index contributed by atoms with van der Waals surface area (Å²) < 4.78 is 12.7. The molecular formula is C24H24N4O3. The Balaban J connectivity index is 1.75. The number of benzene rings is 1. The van der Waals surface area contributed by atoms with E-state index in [0.717, 1.165) is 28.8 Å². The van der Waals surface area contributed by atoms with Crippen molar-refractivity contribution in [2.45, 2.75) is 12.3 Å². The molecule has 7 nitrogen and oxygen atoms in total. The van der Waals surface area contributed by atoms with Crippen molar-refractivity contribution < 1.29 is 14.3 Å². The molecule has 1 aliphatic heterocycles. The minimum absolute atomic E-state index is 0.0449. The van der Waals surface area contributed by atoms with Gasteiger partial charge in [0.1, 0.15) is 22.8 Å². The Bertz CT molecular complexity index is 1200. The second-order valence-corrected chi connectivity index (χ2v) is 7.34. The van der Waals surface area contributed by atoms with E-state index >= 15 is 0 Å². The molecule has 2 aromatic heterocycles. The highest BCUT2D eigenvalue weighted by molar-refractivity contribution is 5.87. The molecule has 3 aromatic rings. The molecule has 3 heterocycles. The first-order chi connectivity index (χ1) is 15.0. The summed E-state index contributed by atoms with van der Waals surface area (Å²) in [5.41, 5.74) is 9.60. The van der Waals surface area contributed by atoms with E-state index in [1.54, 1.807) is 26.5 Å². The molecule has 4 rings (SSSR count). The van der Waals surface area contributed by atoms with Crippen LogP contribution in [0.25, 0.3) is 5.52 Å². The molecule has 0 bridgehead atoms. The minimum atomic E-state index is -0.0449. The monoisotopic (exact) mass is 416 g/mol. The van der Waals surface area contributed by atoms with E-state index in [4.69, 9.17) is 15.2 Å². The Kier molecular flexibility index (Phi) is 5.54. The highest BCUT2D eigenvalue weighted by atomic mass is 16.5. The van der Waals surface area contributed by atoms with Gasteiger partial charge in [0.15, 0.2) is 0 Å². The van der Waals surface area contributed by atoms with Crippen molar-refractivity contribution in [1.82, 2.24) is 14.3 Å². The standard InChI is InChI=1S/C24H24N4O3/c1-4-22(29)27-9-7-18(15-27)21-13-17(23-24(25)26-8-10-28(21)23)6-5-16-11-19(30-2)14-20(12-16)31-3/h4,8,10-14,18H,1,7,9,15H2,2-3H3,(H2,25,26)/t18-/m0/s1. The van der Waals surface area contributed by atoms with E-state index in [9.17, 15) is 4.79 Å². The topological polar surface area (TPSA) is 82.1 Å². The summed E-state index contributed by atoms with van der Waals surface area (Å²) in [6.45, 7) is 4.93. The van der Waals surface area contributed by atoms with Crippen LogP contribution in [0.15, 0.2) is 49.3 Å². The summed E-state index contributed by atoms with van der Waals surface area (Å²) in [4.78, 5) is 18.1. The van der Waals surface area contributed by atoms with Gasteiger partial charge in [0.2, 0.25) is 5.91 Å². The molecule has 1 amide bonds. The van der Waals surface area contributed by atoms with Crippen LogP contribution in [0.4, 0.5) is 5.82 Å². The number of aromatic nitrogens is 2. The van der Waals surface area contributed by atoms with Crippen molar-refractivity contribution in [3.05, 3.63) is 66.1 Å². The number of nitrogens with two attached hydrogens (primary N) is 1. The first-order valence-corrected chi connectivity index (χ1v) is 9.96. The summed E-state index contributed by atoms with van der Waals surface area (Å²) in [6.07, 6.45) is 5.80. The van der Waals surface area contributed by atoms with E-state index < -0.39 is 0 Å². The average molecular weight is 416 g/mol. The number of hydrogen-bond acceptors (Lipinski definition) is 5. The van der Waals surface area contributed by atoms with Gasteiger partial charge in [-0.3, -0.25) is 4.79 Å². The zero-order valence-electron chi connectivity index (χ0n) is 17.6. The molecular weight excluding hydrogens is 392 g/mol. The van der Waals surface area contributed by atoms with Gasteiger partial charge in [-0.2, -0.15) is 0 Å². The van der Waals surface area contributed by atoms with Gasteiger partial charge in [0, 0.05) is 48.7 Å². The van der Waals surface area contributed by atoms with Gasteiger partial charge in [-0.1, -0.05) is 18.4 Å². The van der Waals surface area contributed by atoms with E-state index in [2.05, 4.69) is 23.4 Å². The zero-order chi connectivity index (χ0) is 22.0. The van der Waals surface area contributed by atoms with Crippen LogP contribution in [0.5, 0.6) is 11.5 Å². The van der Waals surface area contributed by atoms with Crippen LogP contribution in [0.3, 0.4) is 0 Å². The first kappa shape index (κ1) is 20.4. The molecule has 1 saturated heterocycles. The number of hydrogen-bond donors (Lipinski definition) is 1. The Morgan fingerprint density at radius 2 is 1.97 bits per heavy atom. The molecule has 1 aliphatic rings. The fraction of sp³-hybridized carbons (Fsp3) is 0.250. The molecule has 31 heavy (non-hydrogen) atoms. The molecule has 2 N–H and O–H groups in total. The maximum Gasteiger partial charge on any atom is 0.245 e. The number of carbonyl (C=O) groups excluding carboxylic acids is 1. The summed E-state index contributed by atoms with van der Waals surface area (Å²) in [6, 6.07) is 7.55. The van der Waals surface area contributed by atoms with Crippen molar-refractivity contribution in [3.63, 3.8) is 0 Å². The lowest BCUT2D eigenvalue weighted by molar-refractivity contribution is -0.125. The second kappa shape index (κ2) is 8.44. The Morgan fingerprint density at radius 3 is 2.65 bits per heavy atom. The normalized spacial score (nSPS) is 15.4. The molecule has 1 fully saturated rings. The molecule has 0 saturated carbocycles. The van der Waals surface area contributed by atoms with Crippen molar-refractivity contribution in [2.75, 3.05) is 33.0 Å². The van der Waals surface area contributed by atoms with Gasteiger partial charge < -0.3 is 24.5 Å². The first-order valence-electron chi connectivity index (χ1n) is 9.96. The van der Waals surface area contributed by atoms with Gasteiger partial charge in [-0.25, -0.2) is 4.98 Å². The average Bonchev–Trinajstić information content (AvgIpc) is 3.42. The Labute approximate surface area is 181 Å². The van der Waals surface area contributed by atoms with Crippen molar-refractivity contribution in [2.24, 2.45) is 0 Å². The smallest absolute Gasteiger partial charge is 0.245 e. The number of carbonyl (C=O) groups is 1. The van der Waals surface area contributed by atoms with Crippen LogP contribution < -0.4 is 15.2 Å². The number of amides is 1. The van der Waals surface area contributed by atoms with Gasteiger partial charge in [-0.05, 0) is 30.7 Å². The third-order valence-corrected chi connectivity index (χ3v) is 5.52. The maximum atomic E-state index is 12.0. The van der Waals surface area contributed by atoms with Gasteiger partial charge in [0.25, 0.3) is 0 Å². The van der Waals surface area contributed by atoms with E-state index in [1.807, 2.05) is 33.7 Å². The number of rotatable bonds is 4. The SMILES string of the molecule is C=CC(=O)N1CC[C@H](c2cc(C#Cc3cc(OC)cc(OC)c3)c3c(N)nccn23)C1. The van der Waals surface area contributed by atoms with Gasteiger partial charge in [-0.15, -0.1) is 0 Å². The summed E-state index contributed by atoms with van der Waals surface area (Å²) in [7, 11) is 3.21. The molecule has 1 aromatic carbocycles. The summed E-state index contributed by atoms with van der Waals surface area (Å²) >= 11 is 0. The van der Waals surface area contributed by atoms with Gasteiger partial charge in [0.05, 0.1) is 19.8 Å². The minimum Gasteiger partial charge on any atom is -0.497 e. The summed E-state index contributed by atoms with van der Waals surface area (Å²) in [5, 5.41) is 0. The number of fused-ring (bicyclic) bond motifs is 1. The van der Waals surface area contributed by atoms with Crippen LogP contribution in [0.2, 0.25) is 0 Å². The fourth-order valence-corrected chi connectivity index (χ4v) is 3.97. The lowest BCUT2D eigenvalue weighted by Gasteiger charge is -2.14. The van der Waals surface area contributed by atoms with Crippen LogP contribution in [-0.2, 0) is 4.79 Å². The molecule has 0 radical (unpaired) electrons. The third kappa shape index (κ3) is 3.92. The number of nitrogen functional groups attached to an aromatic ring is 1. The molecule has 7 heteroatoms. The predicted octanol–water partition coefficient (Wildman–Crippen LogP) is 2.84. The van der Waals surface area contributed by atoms with Gasteiger partial charge >= 0.3 is 0 Å². The van der Waals surface area contributed by atoms with Crippen LogP contribution in [0.1, 0.15) is 29.2 Å². The Hall–Kier alpha value is -3.92. The van der Waals surface area contributed by atoms with Crippen molar-refractivity contribution in [3.8, 4) is 23.3 Å². The zero-order valence-corrected chi connectivity index (χ0v) is 17.6. The quantitative estimate of drug-likeness (QED) is 0.522. The molecule has 0 aliphatic carbocycles. The highest BCUT2D eigenvalue weighted by Crippen LogP contribution is 2.32. The Morgan fingerprint density at radius 1 is 1.23 bits per heavy atom. The van der Waals surface area contributed by atoms with Crippen molar-refractivity contribution >= 4 is 17.2 Å². The lowest BCUT2D eigenvalue weighted by atomic mass is 10.0. The number of ether oxygens (including phenoxy) is 2. The second-order valence-electron chi connectivity index (χ2n) is 7.34. The highest BCUT2D eigenvalue weighted by Gasteiger charge is 2.29. The molecule has 0 unspecified atom stereocenters. The van der Waals surface area contributed by atoms with Crippen LogP contribution in [0, 0.1) is 11.8 Å². The fourth-order valence-electron chi connectivity index (χ4n) is 3.97. The lowest BCUT2D eigenvalue weighted by Crippen LogP contribution is -2.26. The predicted molar refractivity (Wildman–Crippen MR) is 119 cm³/mol. The molecule has 1 atom stereocenters. The number of anilines is 1. The largest absolute Gasteiger partial charge is 0.497 e. The van der Waals surface area contributed by atoms with E-state index in [0.29, 0.717) is 30.4 Å². The maximum absolute atomic E-state index is 12.0. The summed E-state index contributed by atoms with van der Waals surface area (Å²) in [5.74, 6) is 8.32. The number of methoxy groups -OCH3 is 2. The van der Waals surface area contributed by atoms with E-state index in [1.165, 1.54) is 6.08 Å². The third-order valence-electron chi connectivity index (χ3n) is 5.52. The number of likely N-dealkylation sites (tertiary alicyclic amines) is 1. The molecule has 0 spiro atoms. The molecule has 158 valence electrons. The van der Waals surface area contributed by atoms with Crippen LogP contribution in [-0.4, -0.2) is 47.5 Å². The van der Waals surface area contributed by atoms with Crippen molar-refractivity contribution in [1.29, 1.82) is 0 Å². The number of nitrogens with zero attached hydrogens (tertiary/aromatic N) is 3. The van der Waals surface area contributed by atoms with Crippen LogP contribution >= 0.6 is 0 Å². The van der Waals surface area contributed by atoms with E-state index in [-0.39, 0.29) is 11.8 Å².